The SMILES string of the molecule is CC(C)(C)c1cc(C2=NN3C(=O)CN=C3SC2)cc(C(C)(C)C)c1O. The van der Waals surface area contributed by atoms with Gasteiger partial charge in [0.05, 0.1) is 5.71 Å². The molecule has 0 spiro atoms. The number of hydrogen-bond donors (Lipinski definition) is 1. The third-order valence-corrected chi connectivity index (χ3v) is 5.36. The second-order valence-corrected chi connectivity index (χ2v) is 9.50. The van der Waals surface area contributed by atoms with E-state index in [0.29, 0.717) is 16.7 Å². The van der Waals surface area contributed by atoms with Crippen molar-refractivity contribution in [1.82, 2.24) is 5.01 Å². The van der Waals surface area contributed by atoms with Gasteiger partial charge in [0.1, 0.15) is 12.3 Å². The zero-order valence-corrected chi connectivity index (χ0v) is 16.5. The van der Waals surface area contributed by atoms with Crippen LogP contribution in [0.25, 0.3) is 0 Å². The summed E-state index contributed by atoms with van der Waals surface area (Å²) >= 11 is 1.53. The average molecular weight is 359 g/mol. The van der Waals surface area contributed by atoms with Gasteiger partial charge >= 0.3 is 0 Å². The first-order valence-electron chi connectivity index (χ1n) is 8.44. The second-order valence-electron chi connectivity index (χ2n) is 8.56. The number of fused-ring (bicyclic) bond motifs is 1. The van der Waals surface area contributed by atoms with E-state index in [1.807, 2.05) is 12.1 Å². The van der Waals surface area contributed by atoms with Crippen LogP contribution in [0.1, 0.15) is 58.2 Å². The molecule has 0 unspecified atom stereocenters. The molecule has 134 valence electrons. The number of aromatic hydroxyl groups is 1. The third-order valence-electron chi connectivity index (χ3n) is 4.38. The molecule has 1 N–H and O–H groups in total. The van der Waals surface area contributed by atoms with E-state index in [1.54, 1.807) is 0 Å². The maximum Gasteiger partial charge on any atom is 0.271 e. The summed E-state index contributed by atoms with van der Waals surface area (Å²) < 4.78 is 0. The smallest absolute Gasteiger partial charge is 0.271 e. The van der Waals surface area contributed by atoms with Crippen molar-refractivity contribution >= 4 is 28.5 Å². The Morgan fingerprint density at radius 2 is 1.64 bits per heavy atom. The van der Waals surface area contributed by atoms with Crippen LogP contribution in [0.5, 0.6) is 5.75 Å². The summed E-state index contributed by atoms with van der Waals surface area (Å²) in [4.78, 5) is 16.1. The predicted octanol–water partition coefficient (Wildman–Crippen LogP) is 3.64. The quantitative estimate of drug-likeness (QED) is 0.832. The molecule has 0 aliphatic carbocycles. The lowest BCUT2D eigenvalue weighted by atomic mass is 9.78. The van der Waals surface area contributed by atoms with Gasteiger partial charge in [0.15, 0.2) is 5.17 Å². The predicted molar refractivity (Wildman–Crippen MR) is 104 cm³/mol. The van der Waals surface area contributed by atoms with Crippen molar-refractivity contribution in [2.75, 3.05) is 12.3 Å². The van der Waals surface area contributed by atoms with Gasteiger partial charge in [-0.1, -0.05) is 53.3 Å². The highest BCUT2D eigenvalue weighted by Crippen LogP contribution is 2.40. The number of amides is 1. The van der Waals surface area contributed by atoms with Gasteiger partial charge in [-0.3, -0.25) is 9.79 Å². The Labute approximate surface area is 153 Å². The molecule has 0 atom stereocenters. The van der Waals surface area contributed by atoms with E-state index >= 15 is 0 Å². The van der Waals surface area contributed by atoms with Crippen molar-refractivity contribution in [3.8, 4) is 5.75 Å². The van der Waals surface area contributed by atoms with Crippen molar-refractivity contribution in [3.05, 3.63) is 28.8 Å². The van der Waals surface area contributed by atoms with Gasteiger partial charge in [0.25, 0.3) is 5.91 Å². The summed E-state index contributed by atoms with van der Waals surface area (Å²) in [5, 5.41) is 17.5. The lowest BCUT2D eigenvalue weighted by Gasteiger charge is -2.29. The molecule has 25 heavy (non-hydrogen) atoms. The van der Waals surface area contributed by atoms with Crippen LogP contribution in [-0.4, -0.2) is 39.2 Å². The lowest BCUT2D eigenvalue weighted by molar-refractivity contribution is -0.124. The van der Waals surface area contributed by atoms with Gasteiger partial charge < -0.3 is 5.11 Å². The van der Waals surface area contributed by atoms with E-state index in [4.69, 9.17) is 0 Å². The normalized spacial score (nSPS) is 18.2. The standard InChI is InChI=1S/C19H25N3O2S/c1-18(2,3)12-7-11(8-13(16(12)24)19(4,5)6)14-10-25-17-20-9-15(23)22(17)21-14/h7-8,24H,9-10H2,1-6H3. The first kappa shape index (κ1) is 18.0. The highest BCUT2D eigenvalue weighted by Gasteiger charge is 2.32. The van der Waals surface area contributed by atoms with Crippen LogP contribution in [0.2, 0.25) is 0 Å². The number of benzene rings is 1. The van der Waals surface area contributed by atoms with Crippen LogP contribution in [-0.2, 0) is 15.6 Å². The van der Waals surface area contributed by atoms with Gasteiger partial charge in [-0.15, -0.1) is 0 Å². The number of carbonyl (C=O) groups excluding carboxylic acids is 1. The fraction of sp³-hybridized carbons (Fsp3) is 0.526. The molecule has 1 aromatic rings. The maximum absolute atomic E-state index is 11.9. The Balaban J connectivity index is 2.15. The van der Waals surface area contributed by atoms with Crippen LogP contribution in [0.4, 0.5) is 0 Å². The number of hydrogen-bond acceptors (Lipinski definition) is 5. The molecule has 0 fully saturated rings. The first-order valence-corrected chi connectivity index (χ1v) is 9.43. The van der Waals surface area contributed by atoms with Gasteiger partial charge in [0, 0.05) is 16.9 Å². The Hall–Kier alpha value is -1.82. The molecule has 0 saturated heterocycles. The minimum Gasteiger partial charge on any atom is -0.507 e. The van der Waals surface area contributed by atoms with Crippen molar-refractivity contribution in [2.24, 2.45) is 10.1 Å². The van der Waals surface area contributed by atoms with E-state index in [2.05, 4.69) is 51.6 Å². The van der Waals surface area contributed by atoms with E-state index < -0.39 is 0 Å². The summed E-state index contributed by atoms with van der Waals surface area (Å²) in [6.45, 7) is 12.7. The van der Waals surface area contributed by atoms with E-state index in [-0.39, 0.29) is 23.3 Å². The fourth-order valence-electron chi connectivity index (χ4n) is 2.95. The topological polar surface area (TPSA) is 65.3 Å². The number of thioether (sulfide) groups is 1. The third kappa shape index (κ3) is 3.32. The number of rotatable bonds is 1. The minimum absolute atomic E-state index is 0.0921. The number of nitrogens with zero attached hydrogens (tertiary/aromatic N) is 3. The summed E-state index contributed by atoms with van der Waals surface area (Å²) in [6.07, 6.45) is 0. The molecule has 5 nitrogen and oxygen atoms in total. The maximum atomic E-state index is 11.9. The van der Waals surface area contributed by atoms with Crippen molar-refractivity contribution in [2.45, 2.75) is 52.4 Å². The lowest BCUT2D eigenvalue weighted by Crippen LogP contribution is -2.32. The Kier molecular flexibility index (Phi) is 4.22. The number of carbonyl (C=O) groups is 1. The molecule has 2 aliphatic rings. The summed E-state index contributed by atoms with van der Waals surface area (Å²) in [7, 11) is 0. The summed E-state index contributed by atoms with van der Waals surface area (Å²) in [5.74, 6) is 0.929. The molecule has 0 saturated carbocycles. The van der Waals surface area contributed by atoms with Crippen molar-refractivity contribution < 1.29 is 9.90 Å². The fourth-order valence-corrected chi connectivity index (χ4v) is 3.86. The van der Waals surface area contributed by atoms with Crippen LogP contribution in [0.3, 0.4) is 0 Å². The molecular formula is C19H25N3O2S. The van der Waals surface area contributed by atoms with Crippen LogP contribution in [0, 0.1) is 0 Å². The van der Waals surface area contributed by atoms with Crippen LogP contribution in [0.15, 0.2) is 22.2 Å². The number of phenolic OH excluding ortho intramolecular Hbond substituents is 1. The number of aliphatic imine (C=N–C) groups is 1. The van der Waals surface area contributed by atoms with E-state index in [0.717, 1.165) is 22.4 Å². The molecule has 2 aliphatic heterocycles. The summed E-state index contributed by atoms with van der Waals surface area (Å²) in [5.41, 5.74) is 3.20. The van der Waals surface area contributed by atoms with E-state index in [1.165, 1.54) is 16.8 Å². The van der Waals surface area contributed by atoms with Gasteiger partial charge in [-0.05, 0) is 28.5 Å². The molecule has 6 heteroatoms. The molecule has 1 aromatic carbocycles. The monoisotopic (exact) mass is 359 g/mol. The Bertz CT molecular complexity index is 763. The molecule has 0 radical (unpaired) electrons. The Morgan fingerprint density at radius 3 is 2.16 bits per heavy atom. The number of amidine groups is 1. The molecule has 0 aromatic heterocycles. The van der Waals surface area contributed by atoms with Crippen LogP contribution >= 0.6 is 11.8 Å². The number of hydrazone groups is 1. The molecule has 0 bridgehead atoms. The number of phenols is 1. The average Bonchev–Trinajstić information content (AvgIpc) is 2.86. The highest BCUT2D eigenvalue weighted by molar-refractivity contribution is 8.14. The van der Waals surface area contributed by atoms with E-state index in [9.17, 15) is 9.90 Å². The van der Waals surface area contributed by atoms with Gasteiger partial charge in [-0.25, -0.2) is 0 Å². The van der Waals surface area contributed by atoms with Crippen molar-refractivity contribution in [1.29, 1.82) is 0 Å². The molecule has 3 rings (SSSR count). The van der Waals surface area contributed by atoms with Crippen LogP contribution < -0.4 is 0 Å². The van der Waals surface area contributed by atoms with Gasteiger partial charge in [-0.2, -0.15) is 10.1 Å². The molecule has 1 amide bonds. The molecular weight excluding hydrogens is 334 g/mol. The van der Waals surface area contributed by atoms with Crippen molar-refractivity contribution in [3.63, 3.8) is 0 Å². The largest absolute Gasteiger partial charge is 0.507 e. The minimum atomic E-state index is -0.196. The van der Waals surface area contributed by atoms with Gasteiger partial charge in [0.2, 0.25) is 0 Å². The second kappa shape index (κ2) is 5.87. The Morgan fingerprint density at radius 1 is 1.08 bits per heavy atom. The zero-order valence-electron chi connectivity index (χ0n) is 15.7. The zero-order chi connectivity index (χ0) is 18.6. The highest BCUT2D eigenvalue weighted by atomic mass is 32.2. The first-order chi connectivity index (χ1) is 11.5. The summed E-state index contributed by atoms with van der Waals surface area (Å²) in [6, 6.07) is 4.01. The molecule has 2 heterocycles.